The topological polar surface area (TPSA) is 0 Å². The number of fused-ring (bicyclic) bond motifs is 6. The van der Waals surface area contributed by atoms with Gasteiger partial charge in [-0.2, -0.15) is 0 Å². The molecule has 0 saturated carbocycles. The molecule has 0 aliphatic carbocycles. The number of hydrogen-bond donors (Lipinski definition) is 0. The Labute approximate surface area is 201 Å². The maximum Gasteiger partial charge on any atom is 0.181 e. The van der Waals surface area contributed by atoms with Crippen LogP contribution in [0.1, 0.15) is 5.56 Å². The first-order valence-electron chi connectivity index (χ1n) is 12.0. The molecule has 0 saturated heterocycles. The number of benzene rings is 6. The van der Waals surface area contributed by atoms with Gasteiger partial charge in [-0.25, -0.2) is 0 Å². The normalized spacial score (nSPS) is 13.7. The fourth-order valence-corrected chi connectivity index (χ4v) is 11.6. The highest BCUT2D eigenvalue weighted by atomic mass is 28.3. The molecule has 0 amide bonds. The van der Waals surface area contributed by atoms with E-state index in [1.165, 1.54) is 59.0 Å². The van der Waals surface area contributed by atoms with Crippen molar-refractivity contribution in [1.29, 1.82) is 0 Å². The minimum absolute atomic E-state index is 1.30. The maximum absolute atomic E-state index is 2.52. The van der Waals surface area contributed by atoms with Gasteiger partial charge in [0.25, 0.3) is 0 Å². The van der Waals surface area contributed by atoms with Crippen molar-refractivity contribution >= 4 is 50.4 Å². The lowest BCUT2D eigenvalue weighted by molar-refractivity contribution is 1.51. The third-order valence-corrected chi connectivity index (χ3v) is 12.5. The molecule has 0 N–H and O–H groups in total. The third-order valence-electron chi connectivity index (χ3n) is 7.54. The quantitative estimate of drug-likeness (QED) is 0.299. The molecule has 0 unspecified atom stereocenters. The molecule has 160 valence electrons. The first-order valence-corrected chi connectivity index (χ1v) is 14.0. The van der Waals surface area contributed by atoms with Crippen LogP contribution in [0.4, 0.5) is 0 Å². The van der Waals surface area contributed by atoms with E-state index in [9.17, 15) is 0 Å². The minimum Gasteiger partial charge on any atom is -0.0623 e. The zero-order chi connectivity index (χ0) is 22.7. The summed E-state index contributed by atoms with van der Waals surface area (Å²) in [5.41, 5.74) is 4.11. The number of rotatable bonds is 2. The van der Waals surface area contributed by atoms with Crippen molar-refractivity contribution in [3.05, 3.63) is 133 Å². The third kappa shape index (κ3) is 2.59. The SMILES string of the molecule is Cc1ccc2cc3c(cc2c1)-c1ccc2ccccc2c1[Si]3(c1ccccc1)c1ccccc1. The van der Waals surface area contributed by atoms with Crippen molar-refractivity contribution in [1.82, 2.24) is 0 Å². The Kier molecular flexibility index (Phi) is 4.18. The zero-order valence-electron chi connectivity index (χ0n) is 19.1. The summed E-state index contributed by atoms with van der Waals surface area (Å²) in [6, 6.07) is 48.0. The smallest absolute Gasteiger partial charge is 0.0623 e. The summed E-state index contributed by atoms with van der Waals surface area (Å²) < 4.78 is 0. The van der Waals surface area contributed by atoms with Crippen molar-refractivity contribution in [2.75, 3.05) is 0 Å². The van der Waals surface area contributed by atoms with E-state index in [0.717, 1.165) is 0 Å². The molecule has 1 aliphatic rings. The average Bonchev–Trinajstić information content (AvgIpc) is 3.19. The summed E-state index contributed by atoms with van der Waals surface area (Å²) in [5, 5.41) is 11.3. The van der Waals surface area contributed by atoms with Crippen LogP contribution in [0.15, 0.2) is 127 Å². The molecule has 1 aliphatic heterocycles. The van der Waals surface area contributed by atoms with E-state index >= 15 is 0 Å². The van der Waals surface area contributed by atoms with E-state index in [-0.39, 0.29) is 0 Å². The maximum atomic E-state index is 2.51. The summed E-state index contributed by atoms with van der Waals surface area (Å²) in [6.45, 7) is 2.18. The summed E-state index contributed by atoms with van der Waals surface area (Å²) in [5.74, 6) is 0. The van der Waals surface area contributed by atoms with Gasteiger partial charge in [-0.05, 0) is 66.4 Å². The van der Waals surface area contributed by atoms with Crippen molar-refractivity contribution in [2.45, 2.75) is 6.92 Å². The molecule has 34 heavy (non-hydrogen) atoms. The van der Waals surface area contributed by atoms with Crippen LogP contribution >= 0.6 is 0 Å². The predicted octanol–water partition coefficient (Wildman–Crippen LogP) is 5.66. The molecule has 1 heterocycles. The molecule has 6 aromatic carbocycles. The van der Waals surface area contributed by atoms with Crippen LogP contribution in [0.5, 0.6) is 0 Å². The molecule has 0 aromatic heterocycles. The second kappa shape index (κ2) is 7.28. The molecule has 0 spiro atoms. The largest absolute Gasteiger partial charge is 0.181 e. The highest BCUT2D eigenvalue weighted by Gasteiger charge is 2.49. The first kappa shape index (κ1) is 19.5. The lowest BCUT2D eigenvalue weighted by Crippen LogP contribution is -2.73. The summed E-state index contributed by atoms with van der Waals surface area (Å²) >= 11 is 0. The van der Waals surface area contributed by atoms with E-state index in [1.54, 1.807) is 0 Å². The van der Waals surface area contributed by atoms with Crippen LogP contribution in [0.25, 0.3) is 32.7 Å². The summed E-state index contributed by atoms with van der Waals surface area (Å²) in [7, 11) is -2.52. The fraction of sp³-hybridized carbons (Fsp3) is 0.0303. The van der Waals surface area contributed by atoms with Gasteiger partial charge in [0.1, 0.15) is 0 Å². The molecular formula is C33H24Si. The lowest BCUT2D eigenvalue weighted by Gasteiger charge is -2.32. The predicted molar refractivity (Wildman–Crippen MR) is 149 cm³/mol. The van der Waals surface area contributed by atoms with Crippen molar-refractivity contribution < 1.29 is 0 Å². The highest BCUT2D eigenvalue weighted by Crippen LogP contribution is 2.34. The van der Waals surface area contributed by atoms with Gasteiger partial charge in [-0.3, -0.25) is 0 Å². The van der Waals surface area contributed by atoms with E-state index in [4.69, 9.17) is 0 Å². The van der Waals surface area contributed by atoms with E-state index in [0.29, 0.717) is 0 Å². The second-order valence-corrected chi connectivity index (χ2v) is 13.1. The van der Waals surface area contributed by atoms with Crippen molar-refractivity contribution in [3.63, 3.8) is 0 Å². The van der Waals surface area contributed by atoms with Gasteiger partial charge in [0.15, 0.2) is 8.07 Å². The minimum atomic E-state index is -2.52. The van der Waals surface area contributed by atoms with E-state index in [1.807, 2.05) is 0 Å². The van der Waals surface area contributed by atoms with Crippen molar-refractivity contribution in [3.8, 4) is 11.1 Å². The van der Waals surface area contributed by atoms with Crippen LogP contribution in [0.2, 0.25) is 0 Å². The van der Waals surface area contributed by atoms with E-state index in [2.05, 4.69) is 134 Å². The molecule has 0 radical (unpaired) electrons. The molecular weight excluding hydrogens is 424 g/mol. The highest BCUT2D eigenvalue weighted by molar-refractivity contribution is 7.23. The van der Waals surface area contributed by atoms with Gasteiger partial charge in [-0.15, -0.1) is 0 Å². The zero-order valence-corrected chi connectivity index (χ0v) is 20.1. The molecule has 0 fully saturated rings. The van der Waals surface area contributed by atoms with Gasteiger partial charge in [0.05, 0.1) is 0 Å². The molecule has 0 atom stereocenters. The van der Waals surface area contributed by atoms with Crippen LogP contribution in [-0.2, 0) is 0 Å². The molecule has 0 bridgehead atoms. The Bertz CT molecular complexity index is 1660. The van der Waals surface area contributed by atoms with E-state index < -0.39 is 8.07 Å². The van der Waals surface area contributed by atoms with Gasteiger partial charge < -0.3 is 0 Å². The Morgan fingerprint density at radius 1 is 0.471 bits per heavy atom. The average molecular weight is 449 g/mol. The Balaban J connectivity index is 1.74. The second-order valence-electron chi connectivity index (χ2n) is 9.44. The van der Waals surface area contributed by atoms with Crippen LogP contribution in [-0.4, -0.2) is 8.07 Å². The van der Waals surface area contributed by atoms with Gasteiger partial charge in [0.2, 0.25) is 0 Å². The molecule has 1 heteroatoms. The first-order chi connectivity index (χ1) is 16.8. The lowest BCUT2D eigenvalue weighted by atomic mass is 9.98. The van der Waals surface area contributed by atoms with Gasteiger partial charge >= 0.3 is 0 Å². The van der Waals surface area contributed by atoms with Crippen LogP contribution in [0.3, 0.4) is 0 Å². The number of hydrogen-bond acceptors (Lipinski definition) is 0. The van der Waals surface area contributed by atoms with Crippen molar-refractivity contribution in [2.24, 2.45) is 0 Å². The Morgan fingerprint density at radius 3 is 1.85 bits per heavy atom. The van der Waals surface area contributed by atoms with Gasteiger partial charge in [0, 0.05) is 0 Å². The molecule has 7 rings (SSSR count). The summed E-state index contributed by atoms with van der Waals surface area (Å²) in [4.78, 5) is 0. The fourth-order valence-electron chi connectivity index (χ4n) is 6.13. The summed E-state index contributed by atoms with van der Waals surface area (Å²) in [6.07, 6.45) is 0. The standard InChI is InChI=1S/C33H24Si/c1-23-16-17-25-22-32-31(21-26(25)20-23)30-19-18-24-10-8-9-15-29(24)33(30)34(32,27-11-4-2-5-12-27)28-13-6-3-7-14-28/h2-22H,1H3. The van der Waals surface area contributed by atoms with Gasteiger partial charge in [-0.1, -0.05) is 127 Å². The number of aryl methyl sites for hydroxylation is 1. The molecule has 6 aromatic rings. The van der Waals surface area contributed by atoms with Crippen LogP contribution in [0, 0.1) is 6.92 Å². The Morgan fingerprint density at radius 2 is 1.12 bits per heavy atom. The van der Waals surface area contributed by atoms with Crippen LogP contribution < -0.4 is 20.7 Å². The monoisotopic (exact) mass is 448 g/mol. The molecule has 0 nitrogen and oxygen atoms in total. The Hall–Kier alpha value is -3.94.